The molecule has 1 fully saturated rings. The van der Waals surface area contributed by atoms with Crippen molar-refractivity contribution >= 4 is 7.82 Å². The fraction of sp³-hybridized carbons (Fsp3) is 0.667. The smallest absolute Gasteiger partial charge is 0.387 e. The number of aliphatic hydroxyl groups excluding tert-OH is 1. The zero-order valence-corrected chi connectivity index (χ0v) is 14.2. The molecule has 4 atom stereocenters. The molecular formula is C12H18FN2O9P. The number of methoxy groups -OCH3 is 1. The normalized spacial score (nSPS) is 32.9. The SMILES string of the molecule is CO[C@]1(C)[C@H](O)[C@@](CF)(COP(=O)(O)O)O[C@H]1n1ccc(=O)[nH]c1=O. The molecule has 1 saturated heterocycles. The zero-order chi connectivity index (χ0) is 19.0. The number of hydrogen-bond acceptors (Lipinski definition) is 7. The zero-order valence-electron chi connectivity index (χ0n) is 13.3. The van der Waals surface area contributed by atoms with Crippen molar-refractivity contribution in [2.75, 3.05) is 20.4 Å². The molecule has 2 heterocycles. The molecule has 1 aliphatic rings. The van der Waals surface area contributed by atoms with Gasteiger partial charge in [-0.1, -0.05) is 0 Å². The van der Waals surface area contributed by atoms with Gasteiger partial charge in [-0.2, -0.15) is 0 Å². The van der Waals surface area contributed by atoms with Gasteiger partial charge >= 0.3 is 13.5 Å². The summed E-state index contributed by atoms with van der Waals surface area (Å²) in [5, 5.41) is 10.5. The van der Waals surface area contributed by atoms with Gasteiger partial charge in [0.1, 0.15) is 18.4 Å². The molecule has 0 amide bonds. The van der Waals surface area contributed by atoms with E-state index in [1.807, 2.05) is 4.98 Å². The van der Waals surface area contributed by atoms with E-state index in [0.29, 0.717) is 0 Å². The summed E-state index contributed by atoms with van der Waals surface area (Å²) in [6, 6.07) is 1.01. The largest absolute Gasteiger partial charge is 0.469 e. The molecule has 13 heteroatoms. The molecular weight excluding hydrogens is 366 g/mol. The van der Waals surface area contributed by atoms with Gasteiger partial charge in [-0.15, -0.1) is 0 Å². The molecule has 0 aliphatic carbocycles. The number of nitrogens with one attached hydrogen (secondary N) is 1. The Hall–Kier alpha value is -1.40. The maximum absolute atomic E-state index is 13.7. The lowest BCUT2D eigenvalue weighted by Crippen LogP contribution is -2.54. The monoisotopic (exact) mass is 384 g/mol. The fourth-order valence-corrected chi connectivity index (χ4v) is 3.05. The number of ether oxygens (including phenoxy) is 2. The Bertz CT molecular complexity index is 791. The van der Waals surface area contributed by atoms with Gasteiger partial charge in [0.25, 0.3) is 5.56 Å². The van der Waals surface area contributed by atoms with Crippen LogP contribution in [0.5, 0.6) is 0 Å². The minimum atomic E-state index is -4.97. The van der Waals surface area contributed by atoms with Crippen LogP contribution in [0.3, 0.4) is 0 Å². The van der Waals surface area contributed by atoms with E-state index in [4.69, 9.17) is 19.3 Å². The van der Waals surface area contributed by atoms with Gasteiger partial charge in [-0.25, -0.2) is 13.8 Å². The summed E-state index contributed by atoms with van der Waals surface area (Å²) >= 11 is 0. The van der Waals surface area contributed by atoms with Gasteiger partial charge in [0, 0.05) is 19.4 Å². The number of phosphoric ester groups is 1. The second-order valence-corrected chi connectivity index (χ2v) is 6.98. The number of H-pyrrole nitrogens is 1. The first-order chi connectivity index (χ1) is 11.5. The standard InChI is InChI=1S/C12H18FN2O9P/c1-11(22-2)8(17)12(5-13,6-23-25(19,20)21)24-9(11)15-4-3-7(16)14-10(15)18/h3-4,8-9,17H,5-6H2,1-2H3,(H,14,16,18)(H2,19,20,21)/t8-,9+,11+,12+/m0/s1. The lowest BCUT2D eigenvalue weighted by Gasteiger charge is -2.33. The van der Waals surface area contributed by atoms with Gasteiger partial charge < -0.3 is 24.4 Å². The number of phosphoric acid groups is 1. The predicted octanol–water partition coefficient (Wildman–Crippen LogP) is -1.35. The third-order valence-corrected chi connectivity index (χ3v) is 4.59. The van der Waals surface area contributed by atoms with Crippen molar-refractivity contribution in [3.8, 4) is 0 Å². The summed E-state index contributed by atoms with van der Waals surface area (Å²) in [5.41, 5.74) is -5.47. The summed E-state index contributed by atoms with van der Waals surface area (Å²) in [7, 11) is -3.80. The third-order valence-electron chi connectivity index (χ3n) is 4.12. The van der Waals surface area contributed by atoms with E-state index in [2.05, 4.69) is 4.52 Å². The Balaban J connectivity index is 2.49. The van der Waals surface area contributed by atoms with E-state index in [0.717, 1.165) is 16.8 Å². The summed E-state index contributed by atoms with van der Waals surface area (Å²) in [6.07, 6.45) is -2.10. The first-order valence-electron chi connectivity index (χ1n) is 6.97. The highest BCUT2D eigenvalue weighted by Crippen LogP contribution is 2.48. The van der Waals surface area contributed by atoms with Gasteiger partial charge in [-0.3, -0.25) is 18.9 Å². The highest BCUT2D eigenvalue weighted by atomic mass is 31.2. The van der Waals surface area contributed by atoms with Crippen LogP contribution in [0.4, 0.5) is 4.39 Å². The third kappa shape index (κ3) is 3.60. The summed E-state index contributed by atoms with van der Waals surface area (Å²) in [4.78, 5) is 42.8. The molecule has 2 rings (SSSR count). The predicted molar refractivity (Wildman–Crippen MR) is 79.6 cm³/mol. The molecule has 25 heavy (non-hydrogen) atoms. The highest BCUT2D eigenvalue weighted by Gasteiger charge is 2.63. The summed E-state index contributed by atoms with van der Waals surface area (Å²) in [6.45, 7) is -1.07. The van der Waals surface area contributed by atoms with Gasteiger partial charge in [0.05, 0.1) is 6.61 Å². The first-order valence-corrected chi connectivity index (χ1v) is 8.51. The molecule has 4 N–H and O–H groups in total. The molecule has 0 bridgehead atoms. The number of hydrogen-bond donors (Lipinski definition) is 4. The van der Waals surface area contributed by atoms with Gasteiger partial charge in [0.2, 0.25) is 0 Å². The van der Waals surface area contributed by atoms with E-state index >= 15 is 0 Å². The number of halogens is 1. The molecule has 1 aliphatic heterocycles. The summed E-state index contributed by atoms with van der Waals surface area (Å²) in [5.74, 6) is 0. The Kier molecular flexibility index (Phi) is 5.36. The maximum atomic E-state index is 13.7. The second-order valence-electron chi connectivity index (χ2n) is 5.74. The Morgan fingerprint density at radius 3 is 2.60 bits per heavy atom. The van der Waals surface area contributed by atoms with Crippen LogP contribution >= 0.6 is 7.82 Å². The molecule has 0 unspecified atom stereocenters. The van der Waals surface area contributed by atoms with Crippen molar-refractivity contribution in [1.29, 1.82) is 0 Å². The van der Waals surface area contributed by atoms with Crippen LogP contribution in [0.25, 0.3) is 0 Å². The number of aromatic nitrogens is 2. The van der Waals surface area contributed by atoms with Crippen molar-refractivity contribution in [2.24, 2.45) is 0 Å². The average Bonchev–Trinajstić information content (AvgIpc) is 2.75. The number of alkyl halides is 1. The van der Waals surface area contributed by atoms with E-state index in [1.165, 1.54) is 14.0 Å². The van der Waals surface area contributed by atoms with Crippen molar-refractivity contribution in [3.63, 3.8) is 0 Å². The van der Waals surface area contributed by atoms with Crippen molar-refractivity contribution in [3.05, 3.63) is 33.1 Å². The van der Waals surface area contributed by atoms with E-state index in [-0.39, 0.29) is 0 Å². The van der Waals surface area contributed by atoms with E-state index < -0.39 is 55.9 Å². The van der Waals surface area contributed by atoms with Gasteiger partial charge in [-0.05, 0) is 6.92 Å². The molecule has 1 aromatic heterocycles. The van der Waals surface area contributed by atoms with Crippen LogP contribution in [0.1, 0.15) is 13.2 Å². The lowest BCUT2D eigenvalue weighted by molar-refractivity contribution is -0.140. The number of rotatable bonds is 6. The van der Waals surface area contributed by atoms with E-state index in [1.54, 1.807) is 0 Å². The maximum Gasteiger partial charge on any atom is 0.469 e. The number of aromatic amines is 1. The van der Waals surface area contributed by atoms with Crippen LogP contribution in [0.2, 0.25) is 0 Å². The molecule has 0 radical (unpaired) electrons. The fourth-order valence-electron chi connectivity index (χ4n) is 2.67. The molecule has 0 spiro atoms. The minimum absolute atomic E-state index is 0.680. The minimum Gasteiger partial charge on any atom is -0.387 e. The molecule has 1 aromatic rings. The topological polar surface area (TPSA) is 160 Å². The van der Waals surface area contributed by atoms with Gasteiger partial charge in [0.15, 0.2) is 11.8 Å². The number of aliphatic hydroxyl groups is 1. The quantitative estimate of drug-likeness (QED) is 0.435. The lowest BCUT2D eigenvalue weighted by atomic mass is 9.88. The van der Waals surface area contributed by atoms with Crippen LogP contribution < -0.4 is 11.2 Å². The molecule has 0 saturated carbocycles. The second kappa shape index (κ2) is 6.72. The first kappa shape index (κ1) is 19.9. The van der Waals surface area contributed by atoms with Crippen LogP contribution in [-0.2, 0) is 18.6 Å². The van der Waals surface area contributed by atoms with Crippen molar-refractivity contribution < 1.29 is 37.8 Å². The van der Waals surface area contributed by atoms with Crippen LogP contribution in [0, 0.1) is 0 Å². The summed E-state index contributed by atoms with van der Waals surface area (Å²) < 4.78 is 40.4. The molecule has 11 nitrogen and oxygen atoms in total. The number of nitrogens with zero attached hydrogens (tertiary/aromatic N) is 1. The Morgan fingerprint density at radius 1 is 1.48 bits per heavy atom. The highest BCUT2D eigenvalue weighted by molar-refractivity contribution is 7.46. The van der Waals surface area contributed by atoms with E-state index in [9.17, 15) is 23.7 Å². The van der Waals surface area contributed by atoms with Crippen molar-refractivity contribution in [2.45, 2.75) is 30.5 Å². The van der Waals surface area contributed by atoms with Crippen molar-refractivity contribution in [1.82, 2.24) is 9.55 Å². The van der Waals surface area contributed by atoms with Crippen LogP contribution in [0.15, 0.2) is 21.9 Å². The Labute approximate surface area is 140 Å². The molecule has 0 aromatic carbocycles. The Morgan fingerprint density at radius 2 is 2.12 bits per heavy atom. The van der Waals surface area contributed by atoms with Crippen LogP contribution in [-0.4, -0.2) is 62.1 Å². The average molecular weight is 384 g/mol. The molecule has 142 valence electrons.